The van der Waals surface area contributed by atoms with Crippen LogP contribution >= 0.6 is 0 Å². The fourth-order valence-corrected chi connectivity index (χ4v) is 16.7. The Kier molecular flexibility index (Phi) is 19.0. The minimum absolute atomic E-state index is 0. The summed E-state index contributed by atoms with van der Waals surface area (Å²) in [6.45, 7) is 0.147. The number of aryl methyl sites for hydroxylation is 12. The smallest absolute Gasteiger partial charge is 0.216 e. The number of nitrogens with zero attached hydrogens (tertiary/aromatic N) is 5. The van der Waals surface area contributed by atoms with Crippen molar-refractivity contribution in [2.75, 3.05) is 0 Å². The molecule has 1 saturated carbocycles. The number of aromatic nitrogens is 5. The molecule has 0 bridgehead atoms. The maximum absolute atomic E-state index is 9.58. The number of benzene rings is 11. The van der Waals surface area contributed by atoms with Gasteiger partial charge >= 0.3 is 0 Å². The standard InChI is InChI=1S/C52H54NO.C40H33N2O.C17H20N.C13H12N.2Ir/c1-31(2)44-27-41(39-19-17-37(18-20-39)36-13-15-38(16-14-36)40-21-23-52(8,9)24-22-40)28-45(32(3)4)50(44)46-29-47(53-30-35(46)7)42-11-10-12-43-49-34(6)25-33(5)26-48(49)54-51(42)43;1-23-10-13-29(14-11-23)30-15-17-32(24(2)18-30)31-19-25(3)38(26(4)20-31)36-21-37(41-22-27(36)5)35-9-7-8-33-34-16-12-28(6)42-40(34)43-39(33)35;1-13-5-8-15(9-6-13)16-10-7-14(12-18-16)11-17(2,3)4;1-10-3-6-12(7-4-10)13-8-5-11(2)9-14-13;;/h10,12-20,25-32,40H,21-24H2,1-9H3;7-8,10-22H,1-6H3;5-8,10,12H,11H2,1-4H3;3-6,8-9H,1-2H3;;/q4*-1;;/i1D3,5D3,7D3,31D,32D,40D;3D3,5D3,6D3;1D3,11D2;1D3,2D3;;. The van der Waals surface area contributed by atoms with E-state index in [0.717, 1.165) is 64.6 Å². The van der Waals surface area contributed by atoms with Crippen molar-refractivity contribution < 1.29 is 92.9 Å². The van der Waals surface area contributed by atoms with Gasteiger partial charge in [-0.15, -0.1) is 107 Å². The summed E-state index contributed by atoms with van der Waals surface area (Å²) < 4.78 is 273. The summed E-state index contributed by atoms with van der Waals surface area (Å²) in [4.78, 5) is 21.8. The first-order valence-corrected chi connectivity index (χ1v) is 42.9. The van der Waals surface area contributed by atoms with Gasteiger partial charge in [-0.2, -0.15) is 0 Å². The van der Waals surface area contributed by atoms with E-state index in [2.05, 4.69) is 105 Å². The number of furan rings is 2. The molecule has 1 aliphatic carbocycles. The van der Waals surface area contributed by atoms with E-state index in [1.54, 1.807) is 124 Å². The Hall–Kier alpha value is -11.9. The molecule has 0 amide bonds. The molecule has 7 aromatic heterocycles. The van der Waals surface area contributed by atoms with Crippen LogP contribution in [0.4, 0.5) is 0 Å². The van der Waals surface area contributed by atoms with Crippen LogP contribution in [0.15, 0.2) is 270 Å². The monoisotopic (exact) mass is 2100 g/mol. The summed E-state index contributed by atoms with van der Waals surface area (Å²) in [7, 11) is 0. The van der Waals surface area contributed by atoms with E-state index in [1.807, 2.05) is 96.1 Å². The second-order valence-corrected chi connectivity index (χ2v) is 35.2. The molecule has 7 heterocycles. The molecular formula is C122H119Ir2N5O2-4. The zero-order valence-electron chi connectivity index (χ0n) is 107. The number of hydrogen-bond donors (Lipinski definition) is 0. The summed E-state index contributed by atoms with van der Waals surface area (Å²) in [5.74, 6) is -4.33. The quantitative estimate of drug-likeness (QED) is 0.100. The van der Waals surface area contributed by atoms with Gasteiger partial charge in [0.05, 0.1) is 11.2 Å². The van der Waals surface area contributed by atoms with Gasteiger partial charge in [0.15, 0.2) is 0 Å². The average Bonchev–Trinajstić information content (AvgIpc) is 1.47. The Labute approximate surface area is 849 Å². The summed E-state index contributed by atoms with van der Waals surface area (Å²) >= 11 is 0. The minimum Gasteiger partial charge on any atom is -0.501 e. The van der Waals surface area contributed by atoms with Gasteiger partial charge in [0.25, 0.3) is 0 Å². The van der Waals surface area contributed by atoms with Crippen LogP contribution in [-0.2, 0) is 46.6 Å². The third kappa shape index (κ3) is 21.6. The van der Waals surface area contributed by atoms with Crippen molar-refractivity contribution >= 4 is 44.0 Å². The average molecular weight is 2100 g/mol. The van der Waals surface area contributed by atoms with Crippen LogP contribution in [-0.4, -0.2) is 24.9 Å². The Morgan fingerprint density at radius 3 is 1.53 bits per heavy atom. The van der Waals surface area contributed by atoms with Crippen molar-refractivity contribution in [2.45, 2.75) is 194 Å². The Morgan fingerprint density at radius 1 is 0.435 bits per heavy atom. The Balaban J connectivity index is 0.000000187. The van der Waals surface area contributed by atoms with Crippen LogP contribution in [0.5, 0.6) is 0 Å². The summed E-state index contributed by atoms with van der Waals surface area (Å²) in [6, 6.07) is 81.3. The summed E-state index contributed by atoms with van der Waals surface area (Å²) in [6.07, 6.45) is 7.48. The topological polar surface area (TPSA) is 90.7 Å². The first kappa shape index (κ1) is 61.7. The molecule has 11 aromatic carbocycles. The second kappa shape index (κ2) is 40.4. The molecule has 7 nitrogen and oxygen atoms in total. The van der Waals surface area contributed by atoms with Crippen LogP contribution in [0.2, 0.25) is 0 Å². The van der Waals surface area contributed by atoms with Gasteiger partial charge < -0.3 is 28.8 Å². The maximum atomic E-state index is 9.58. The fourth-order valence-electron chi connectivity index (χ4n) is 16.7. The van der Waals surface area contributed by atoms with Crippen LogP contribution in [0, 0.1) is 118 Å². The van der Waals surface area contributed by atoms with Crippen molar-refractivity contribution in [3.05, 3.63) is 375 Å². The Morgan fingerprint density at radius 2 is 0.969 bits per heavy atom. The molecule has 18 aromatic rings. The van der Waals surface area contributed by atoms with Gasteiger partial charge in [-0.3, -0.25) is 0 Å². The number of pyridine rings is 5. The van der Waals surface area contributed by atoms with Crippen LogP contribution in [0.1, 0.15) is 239 Å². The molecule has 1 aliphatic rings. The predicted molar refractivity (Wildman–Crippen MR) is 542 cm³/mol. The van der Waals surface area contributed by atoms with Crippen LogP contribution < -0.4 is 0 Å². The minimum atomic E-state index is -2.89. The number of rotatable bonds is 14. The summed E-state index contributed by atoms with van der Waals surface area (Å²) in [5, 5.41) is 2.61. The molecule has 131 heavy (non-hydrogen) atoms. The van der Waals surface area contributed by atoms with Gasteiger partial charge in [-0.1, -0.05) is 261 Å². The molecule has 1 atom stereocenters. The van der Waals surface area contributed by atoms with E-state index in [4.69, 9.17) is 48.6 Å². The van der Waals surface area contributed by atoms with Crippen LogP contribution in [0.3, 0.4) is 0 Å². The van der Waals surface area contributed by atoms with Crippen molar-refractivity contribution in [1.29, 1.82) is 0 Å². The molecule has 9 heteroatoms. The molecule has 1 fully saturated rings. The van der Waals surface area contributed by atoms with Crippen molar-refractivity contribution in [3.8, 4) is 112 Å². The van der Waals surface area contributed by atoms with Gasteiger partial charge in [0.1, 0.15) is 5.58 Å². The van der Waals surface area contributed by atoms with E-state index in [9.17, 15) is 4.11 Å². The second-order valence-electron chi connectivity index (χ2n) is 35.2. The fraction of sp³-hybridized carbons (Fsp3) is 0.254. The van der Waals surface area contributed by atoms with Crippen molar-refractivity contribution in [2.24, 2.45) is 10.8 Å². The van der Waals surface area contributed by atoms with Gasteiger partial charge in [-0.05, 0) is 304 Å². The molecule has 666 valence electrons. The molecule has 19 rings (SSSR count). The van der Waals surface area contributed by atoms with Crippen molar-refractivity contribution in [1.82, 2.24) is 24.9 Å². The third-order valence-electron chi connectivity index (χ3n) is 23.5. The van der Waals surface area contributed by atoms with E-state index in [-0.39, 0.29) is 129 Å². The zero-order valence-corrected chi connectivity index (χ0v) is 79.7. The number of hydrogen-bond acceptors (Lipinski definition) is 7. The third-order valence-corrected chi connectivity index (χ3v) is 23.5. The molecule has 2 radical (unpaired) electrons. The van der Waals surface area contributed by atoms with E-state index >= 15 is 0 Å². The molecule has 0 saturated heterocycles. The van der Waals surface area contributed by atoms with Gasteiger partial charge in [0.2, 0.25) is 5.71 Å². The largest absolute Gasteiger partial charge is 0.501 e. The number of fused-ring (bicyclic) bond motifs is 6. The van der Waals surface area contributed by atoms with E-state index < -0.39 is 91.1 Å². The molecular weight excluding hydrogens is 1950 g/mol. The first-order chi connectivity index (χ1) is 74.5. The zero-order chi connectivity index (χ0) is 118. The Bertz CT molecular complexity index is 8460. The molecule has 0 aliphatic heterocycles. The normalized spacial score (nSPS) is 17.9. The van der Waals surface area contributed by atoms with Crippen molar-refractivity contribution in [3.63, 3.8) is 0 Å². The van der Waals surface area contributed by atoms with E-state index in [0.29, 0.717) is 117 Å². The maximum Gasteiger partial charge on any atom is 0.216 e. The summed E-state index contributed by atoms with van der Waals surface area (Å²) in [5.41, 5.74) is 17.9. The first-order valence-electron chi connectivity index (χ1n) is 58.9. The van der Waals surface area contributed by atoms with E-state index in [1.165, 1.54) is 73.7 Å². The van der Waals surface area contributed by atoms with Gasteiger partial charge in [-0.25, -0.2) is 4.98 Å². The SMILES string of the molecule is [2H]C([2H])([2H])c1c[c-]c(-c2ccc(C([2H])([2H])C(C)(C)C)cn2)cc1.[2H]C([2H])([2H])c1c[c-]c(-c2ccc(C([2H])([2H])[2H])cn2)cc1.[2H]C([2H])([2H])c1cc(C)c2c(c1)oc1c(-c3cc(-c4c(C([2H])(C)C)cc(-c5ccc(-c6ccc(C7([2H])CCC(C)(C)CC7)cc6)cc5)cc4C([2H])(C)C([2H])([2H])[2H])c(C([2H])([2H])[2H])cn3)[c-]ccc12.[2H]C([2H])([2H])c1ccc2c(n1)oc1c(-c3cc(-c4c(C)cc(-c5ccc(-c6ccc(C)cc6)cc5C)cc4C([2H])([2H])[2H])c(C([2H])([2H])[2H])cn3)[c-]ccc12.[Ir].[Ir]. The van der Waals surface area contributed by atoms with Crippen LogP contribution in [0.25, 0.3) is 156 Å². The predicted octanol–water partition coefficient (Wildman–Crippen LogP) is 33.6. The van der Waals surface area contributed by atoms with Gasteiger partial charge in [0, 0.05) is 125 Å². The molecule has 0 N–H and O–H groups in total. The molecule has 1 unspecified atom stereocenters. The molecule has 0 spiro atoms.